The van der Waals surface area contributed by atoms with Gasteiger partial charge < -0.3 is 15.4 Å². The highest BCUT2D eigenvalue weighted by atomic mass is 16.5. The number of nitrogens with one attached hydrogen (secondary N) is 2. The lowest BCUT2D eigenvalue weighted by Gasteiger charge is -2.22. The van der Waals surface area contributed by atoms with E-state index in [2.05, 4.69) is 15.6 Å². The van der Waals surface area contributed by atoms with Crippen LogP contribution in [0.3, 0.4) is 0 Å². The summed E-state index contributed by atoms with van der Waals surface area (Å²) in [7, 11) is 1.82. The van der Waals surface area contributed by atoms with Crippen LogP contribution < -0.4 is 10.6 Å². The van der Waals surface area contributed by atoms with Gasteiger partial charge >= 0.3 is 0 Å². The second kappa shape index (κ2) is 6.35. The Morgan fingerprint density at radius 1 is 1.56 bits per heavy atom. The van der Waals surface area contributed by atoms with Crippen LogP contribution in [-0.2, 0) is 4.74 Å². The maximum Gasteiger partial charge on any atom is 0.269 e. The molecule has 5 heteroatoms. The molecule has 1 aliphatic heterocycles. The SMILES string of the molecule is CNc1ccc(C(=O)NCC2CCCOC2)nc1. The fourth-order valence-corrected chi connectivity index (χ4v) is 1.97. The average molecular weight is 249 g/mol. The van der Waals surface area contributed by atoms with Crippen molar-refractivity contribution in [2.24, 2.45) is 5.92 Å². The lowest BCUT2D eigenvalue weighted by Crippen LogP contribution is -2.33. The van der Waals surface area contributed by atoms with Gasteiger partial charge in [0.25, 0.3) is 5.91 Å². The summed E-state index contributed by atoms with van der Waals surface area (Å²) >= 11 is 0. The first kappa shape index (κ1) is 12.8. The molecule has 1 fully saturated rings. The molecule has 5 nitrogen and oxygen atoms in total. The number of ether oxygens (including phenoxy) is 1. The van der Waals surface area contributed by atoms with E-state index in [0.29, 0.717) is 18.2 Å². The second-order valence-corrected chi connectivity index (χ2v) is 4.48. The summed E-state index contributed by atoms with van der Waals surface area (Å²) in [6.45, 7) is 2.25. The van der Waals surface area contributed by atoms with Gasteiger partial charge in [-0.15, -0.1) is 0 Å². The quantitative estimate of drug-likeness (QED) is 0.843. The van der Waals surface area contributed by atoms with Gasteiger partial charge in [-0.2, -0.15) is 0 Å². The van der Waals surface area contributed by atoms with Crippen molar-refractivity contribution in [2.75, 3.05) is 32.1 Å². The molecule has 0 aromatic carbocycles. The molecule has 1 unspecified atom stereocenters. The number of hydrogen-bond donors (Lipinski definition) is 2. The number of pyridine rings is 1. The first-order valence-electron chi connectivity index (χ1n) is 6.29. The van der Waals surface area contributed by atoms with Crippen molar-refractivity contribution < 1.29 is 9.53 Å². The van der Waals surface area contributed by atoms with E-state index < -0.39 is 0 Å². The Bertz CT molecular complexity index is 386. The van der Waals surface area contributed by atoms with E-state index in [0.717, 1.165) is 31.7 Å². The fourth-order valence-electron chi connectivity index (χ4n) is 1.97. The topological polar surface area (TPSA) is 63.2 Å². The smallest absolute Gasteiger partial charge is 0.269 e. The molecule has 1 aromatic heterocycles. The molecule has 2 N–H and O–H groups in total. The molecule has 0 bridgehead atoms. The van der Waals surface area contributed by atoms with E-state index in [1.165, 1.54) is 0 Å². The standard InChI is InChI=1S/C13H19N3O2/c1-14-11-4-5-12(15-8-11)13(17)16-7-10-3-2-6-18-9-10/h4-5,8,10,14H,2-3,6-7,9H2,1H3,(H,16,17). The normalized spacial score (nSPS) is 19.3. The number of amides is 1. The lowest BCUT2D eigenvalue weighted by molar-refractivity contribution is 0.0535. The van der Waals surface area contributed by atoms with Crippen molar-refractivity contribution in [3.8, 4) is 0 Å². The predicted molar refractivity (Wildman–Crippen MR) is 69.7 cm³/mol. The van der Waals surface area contributed by atoms with Gasteiger partial charge in [0.15, 0.2) is 0 Å². The van der Waals surface area contributed by atoms with Gasteiger partial charge in [0.1, 0.15) is 5.69 Å². The molecule has 0 aliphatic carbocycles. The van der Waals surface area contributed by atoms with Crippen LogP contribution in [0, 0.1) is 5.92 Å². The first-order chi connectivity index (χ1) is 8.79. The summed E-state index contributed by atoms with van der Waals surface area (Å²) in [6, 6.07) is 3.56. The highest BCUT2D eigenvalue weighted by molar-refractivity contribution is 5.92. The van der Waals surface area contributed by atoms with Gasteiger partial charge in [0.05, 0.1) is 18.5 Å². The summed E-state index contributed by atoms with van der Waals surface area (Å²) in [5.41, 5.74) is 1.35. The van der Waals surface area contributed by atoms with Crippen LogP contribution in [0.5, 0.6) is 0 Å². The first-order valence-corrected chi connectivity index (χ1v) is 6.29. The third-order valence-electron chi connectivity index (χ3n) is 3.09. The minimum absolute atomic E-state index is 0.122. The summed E-state index contributed by atoms with van der Waals surface area (Å²) < 4.78 is 5.38. The van der Waals surface area contributed by atoms with Gasteiger partial charge in [-0.05, 0) is 30.9 Å². The largest absolute Gasteiger partial charge is 0.387 e. The van der Waals surface area contributed by atoms with Gasteiger partial charge in [-0.1, -0.05) is 0 Å². The van der Waals surface area contributed by atoms with E-state index >= 15 is 0 Å². The Morgan fingerprint density at radius 3 is 3.06 bits per heavy atom. The van der Waals surface area contributed by atoms with Crippen LogP contribution in [-0.4, -0.2) is 37.7 Å². The molecular weight excluding hydrogens is 230 g/mol. The summed E-state index contributed by atoms with van der Waals surface area (Å²) in [5, 5.41) is 5.87. The zero-order valence-electron chi connectivity index (χ0n) is 10.6. The van der Waals surface area contributed by atoms with Gasteiger partial charge in [0.2, 0.25) is 0 Å². The number of carbonyl (C=O) groups excluding carboxylic acids is 1. The van der Waals surface area contributed by atoms with Gasteiger partial charge in [-0.25, -0.2) is 4.98 Å². The minimum Gasteiger partial charge on any atom is -0.387 e. The van der Waals surface area contributed by atoms with Crippen LogP contribution in [0.2, 0.25) is 0 Å². The second-order valence-electron chi connectivity index (χ2n) is 4.48. The molecule has 1 saturated heterocycles. The molecule has 1 aliphatic rings. The van der Waals surface area contributed by atoms with E-state index in [1.807, 2.05) is 13.1 Å². The Labute approximate surface area is 107 Å². The maximum atomic E-state index is 11.9. The Hall–Kier alpha value is -1.62. The van der Waals surface area contributed by atoms with E-state index in [1.54, 1.807) is 12.3 Å². The summed E-state index contributed by atoms with van der Waals surface area (Å²) in [4.78, 5) is 16.0. The van der Waals surface area contributed by atoms with Crippen LogP contribution in [0.25, 0.3) is 0 Å². The summed E-state index contributed by atoms with van der Waals surface area (Å²) in [6.07, 6.45) is 3.85. The molecule has 0 spiro atoms. The Morgan fingerprint density at radius 2 is 2.44 bits per heavy atom. The molecule has 2 heterocycles. The van der Waals surface area contributed by atoms with Crippen LogP contribution in [0.1, 0.15) is 23.3 Å². The zero-order valence-corrected chi connectivity index (χ0v) is 10.6. The highest BCUT2D eigenvalue weighted by Gasteiger charge is 2.15. The van der Waals surface area contributed by atoms with Gasteiger partial charge in [0, 0.05) is 20.2 Å². The zero-order chi connectivity index (χ0) is 12.8. The lowest BCUT2D eigenvalue weighted by atomic mass is 10.0. The van der Waals surface area contributed by atoms with Crippen molar-refractivity contribution in [2.45, 2.75) is 12.8 Å². The average Bonchev–Trinajstić information content (AvgIpc) is 2.46. The number of carbonyl (C=O) groups is 1. The molecule has 0 radical (unpaired) electrons. The molecule has 1 atom stereocenters. The number of rotatable bonds is 4. The predicted octanol–water partition coefficient (Wildman–Crippen LogP) is 1.28. The van der Waals surface area contributed by atoms with Crippen molar-refractivity contribution in [1.82, 2.24) is 10.3 Å². The van der Waals surface area contributed by atoms with Crippen molar-refractivity contribution in [1.29, 1.82) is 0 Å². The number of hydrogen-bond acceptors (Lipinski definition) is 4. The van der Waals surface area contributed by atoms with E-state index in [9.17, 15) is 4.79 Å². The molecule has 1 amide bonds. The van der Waals surface area contributed by atoms with E-state index in [-0.39, 0.29) is 5.91 Å². The Kier molecular flexibility index (Phi) is 4.52. The fraction of sp³-hybridized carbons (Fsp3) is 0.538. The van der Waals surface area contributed by atoms with Crippen LogP contribution >= 0.6 is 0 Å². The molecule has 1 aromatic rings. The van der Waals surface area contributed by atoms with Crippen molar-refractivity contribution in [3.05, 3.63) is 24.0 Å². The molecular formula is C13H19N3O2. The Balaban J connectivity index is 1.82. The number of nitrogens with zero attached hydrogens (tertiary/aromatic N) is 1. The molecule has 0 saturated carbocycles. The monoisotopic (exact) mass is 249 g/mol. The molecule has 98 valence electrons. The maximum absolute atomic E-state index is 11.9. The van der Waals surface area contributed by atoms with Crippen LogP contribution in [0.15, 0.2) is 18.3 Å². The third kappa shape index (κ3) is 3.43. The van der Waals surface area contributed by atoms with E-state index in [4.69, 9.17) is 4.74 Å². The van der Waals surface area contributed by atoms with Crippen molar-refractivity contribution >= 4 is 11.6 Å². The highest BCUT2D eigenvalue weighted by Crippen LogP contribution is 2.12. The summed E-state index contributed by atoms with van der Waals surface area (Å²) in [5.74, 6) is 0.308. The minimum atomic E-state index is -0.122. The number of anilines is 1. The molecule has 2 rings (SSSR count). The number of aromatic nitrogens is 1. The van der Waals surface area contributed by atoms with Gasteiger partial charge in [-0.3, -0.25) is 4.79 Å². The van der Waals surface area contributed by atoms with Crippen LogP contribution in [0.4, 0.5) is 5.69 Å². The third-order valence-corrected chi connectivity index (χ3v) is 3.09. The molecule has 18 heavy (non-hydrogen) atoms. The van der Waals surface area contributed by atoms with Crippen molar-refractivity contribution in [3.63, 3.8) is 0 Å².